The molecule has 1 aliphatic heterocycles. The summed E-state index contributed by atoms with van der Waals surface area (Å²) in [6.45, 7) is 9.82. The maximum absolute atomic E-state index is 4.39. The van der Waals surface area contributed by atoms with E-state index in [-0.39, 0.29) is 0 Å². The van der Waals surface area contributed by atoms with Crippen LogP contribution >= 0.6 is 0 Å². The second-order valence-corrected chi connectivity index (χ2v) is 4.87. The van der Waals surface area contributed by atoms with Crippen LogP contribution in [0.15, 0.2) is 18.3 Å². The highest BCUT2D eigenvalue weighted by atomic mass is 15.2. The summed E-state index contributed by atoms with van der Waals surface area (Å²) in [5, 5.41) is 3.47. The van der Waals surface area contributed by atoms with Crippen molar-refractivity contribution < 1.29 is 0 Å². The standard InChI is InChI=1S/C13H21N3/c1-10(2)13-9-14-6-7-16(13)12-5-4-11(3)15-8-12/h4-5,8,10,13-14H,6-7,9H2,1-3H3. The van der Waals surface area contributed by atoms with Gasteiger partial charge < -0.3 is 10.2 Å². The van der Waals surface area contributed by atoms with Crippen LogP contribution in [0, 0.1) is 12.8 Å². The molecular formula is C13H21N3. The molecule has 0 saturated carbocycles. The highest BCUT2D eigenvalue weighted by Crippen LogP contribution is 2.21. The molecule has 1 fully saturated rings. The van der Waals surface area contributed by atoms with Gasteiger partial charge >= 0.3 is 0 Å². The van der Waals surface area contributed by atoms with Gasteiger partial charge in [0, 0.05) is 31.4 Å². The molecule has 1 aliphatic rings. The van der Waals surface area contributed by atoms with E-state index in [0.717, 1.165) is 25.3 Å². The van der Waals surface area contributed by atoms with Crippen LogP contribution in [0.3, 0.4) is 0 Å². The van der Waals surface area contributed by atoms with Gasteiger partial charge in [0.15, 0.2) is 0 Å². The molecule has 0 aromatic carbocycles. The molecule has 16 heavy (non-hydrogen) atoms. The zero-order valence-electron chi connectivity index (χ0n) is 10.4. The van der Waals surface area contributed by atoms with Crippen molar-refractivity contribution in [3.8, 4) is 0 Å². The van der Waals surface area contributed by atoms with E-state index in [9.17, 15) is 0 Å². The van der Waals surface area contributed by atoms with E-state index in [1.165, 1.54) is 5.69 Å². The van der Waals surface area contributed by atoms with Crippen molar-refractivity contribution in [2.45, 2.75) is 26.8 Å². The molecule has 1 unspecified atom stereocenters. The Labute approximate surface area is 97.9 Å². The molecule has 1 aromatic heterocycles. The molecule has 3 heteroatoms. The highest BCUT2D eigenvalue weighted by molar-refractivity contribution is 5.46. The average Bonchev–Trinajstić information content (AvgIpc) is 2.30. The van der Waals surface area contributed by atoms with E-state index in [4.69, 9.17) is 0 Å². The number of piperazine rings is 1. The van der Waals surface area contributed by atoms with E-state index in [1.807, 2.05) is 13.1 Å². The fourth-order valence-electron chi connectivity index (χ4n) is 2.27. The summed E-state index contributed by atoms with van der Waals surface area (Å²) in [5.74, 6) is 0.661. The number of anilines is 1. The molecule has 0 spiro atoms. The van der Waals surface area contributed by atoms with Crippen LogP contribution in [0.1, 0.15) is 19.5 Å². The van der Waals surface area contributed by atoms with Gasteiger partial charge in [0.2, 0.25) is 0 Å². The maximum Gasteiger partial charge on any atom is 0.0556 e. The molecule has 0 radical (unpaired) electrons. The molecule has 2 rings (SSSR count). The van der Waals surface area contributed by atoms with Crippen LogP contribution in [-0.4, -0.2) is 30.7 Å². The lowest BCUT2D eigenvalue weighted by atomic mass is 10.00. The first-order chi connectivity index (χ1) is 7.68. The van der Waals surface area contributed by atoms with Crippen LogP contribution in [-0.2, 0) is 0 Å². The van der Waals surface area contributed by atoms with Crippen LogP contribution in [0.5, 0.6) is 0 Å². The van der Waals surface area contributed by atoms with Crippen molar-refractivity contribution >= 4 is 5.69 Å². The summed E-state index contributed by atoms with van der Waals surface area (Å²) in [5.41, 5.74) is 2.34. The predicted molar refractivity (Wildman–Crippen MR) is 67.8 cm³/mol. The van der Waals surface area contributed by atoms with E-state index in [0.29, 0.717) is 12.0 Å². The molecule has 0 amide bonds. The van der Waals surface area contributed by atoms with Crippen molar-refractivity contribution in [3.63, 3.8) is 0 Å². The number of hydrogen-bond donors (Lipinski definition) is 1. The van der Waals surface area contributed by atoms with Crippen molar-refractivity contribution in [2.75, 3.05) is 24.5 Å². The average molecular weight is 219 g/mol. The van der Waals surface area contributed by atoms with Gasteiger partial charge in [-0.05, 0) is 25.0 Å². The van der Waals surface area contributed by atoms with Crippen molar-refractivity contribution in [3.05, 3.63) is 24.0 Å². The number of aromatic nitrogens is 1. The van der Waals surface area contributed by atoms with Crippen LogP contribution in [0.4, 0.5) is 5.69 Å². The SMILES string of the molecule is Cc1ccc(N2CCNCC2C(C)C)cn1. The van der Waals surface area contributed by atoms with Gasteiger partial charge in [-0.15, -0.1) is 0 Å². The van der Waals surface area contributed by atoms with Gasteiger partial charge in [0.25, 0.3) is 0 Å². The summed E-state index contributed by atoms with van der Waals surface area (Å²) in [4.78, 5) is 6.87. The topological polar surface area (TPSA) is 28.2 Å². The number of hydrogen-bond acceptors (Lipinski definition) is 3. The first-order valence-corrected chi connectivity index (χ1v) is 6.08. The zero-order chi connectivity index (χ0) is 11.5. The summed E-state index contributed by atoms with van der Waals surface area (Å²) >= 11 is 0. The van der Waals surface area contributed by atoms with Gasteiger partial charge in [-0.3, -0.25) is 4.98 Å². The molecule has 1 atom stereocenters. The largest absolute Gasteiger partial charge is 0.364 e. The molecular weight excluding hydrogens is 198 g/mol. The summed E-state index contributed by atoms with van der Waals surface area (Å²) in [6, 6.07) is 4.86. The molecule has 88 valence electrons. The molecule has 1 N–H and O–H groups in total. The lowest BCUT2D eigenvalue weighted by Gasteiger charge is -2.40. The Morgan fingerprint density at radius 1 is 1.44 bits per heavy atom. The minimum atomic E-state index is 0.582. The fraction of sp³-hybridized carbons (Fsp3) is 0.615. The summed E-state index contributed by atoms with van der Waals surface area (Å²) in [7, 11) is 0. The minimum Gasteiger partial charge on any atom is -0.364 e. The van der Waals surface area contributed by atoms with Gasteiger partial charge in [-0.2, -0.15) is 0 Å². The number of nitrogens with one attached hydrogen (secondary N) is 1. The van der Waals surface area contributed by atoms with Gasteiger partial charge in [-0.25, -0.2) is 0 Å². The number of pyridine rings is 1. The Balaban J connectivity index is 2.19. The molecule has 2 heterocycles. The third kappa shape index (κ3) is 2.35. The Kier molecular flexibility index (Phi) is 3.44. The Bertz CT molecular complexity index is 332. The Morgan fingerprint density at radius 2 is 2.25 bits per heavy atom. The summed E-state index contributed by atoms with van der Waals surface area (Å²) in [6.07, 6.45) is 2.00. The van der Waals surface area contributed by atoms with Crippen LogP contribution in [0.25, 0.3) is 0 Å². The normalized spacial score (nSPS) is 21.5. The van der Waals surface area contributed by atoms with Crippen LogP contribution in [0.2, 0.25) is 0 Å². The second-order valence-electron chi connectivity index (χ2n) is 4.87. The third-order valence-corrected chi connectivity index (χ3v) is 3.28. The van der Waals surface area contributed by atoms with Gasteiger partial charge in [0.1, 0.15) is 0 Å². The Hall–Kier alpha value is -1.09. The highest BCUT2D eigenvalue weighted by Gasteiger charge is 2.24. The first-order valence-electron chi connectivity index (χ1n) is 6.08. The fourth-order valence-corrected chi connectivity index (χ4v) is 2.27. The van der Waals surface area contributed by atoms with E-state index in [2.05, 4.69) is 41.2 Å². The quantitative estimate of drug-likeness (QED) is 0.822. The predicted octanol–water partition coefficient (Wildman–Crippen LogP) is 1.82. The van der Waals surface area contributed by atoms with Crippen LogP contribution < -0.4 is 10.2 Å². The number of aryl methyl sites for hydroxylation is 1. The monoisotopic (exact) mass is 219 g/mol. The van der Waals surface area contributed by atoms with Crippen molar-refractivity contribution in [1.82, 2.24) is 10.3 Å². The van der Waals surface area contributed by atoms with Gasteiger partial charge in [0.05, 0.1) is 11.9 Å². The van der Waals surface area contributed by atoms with E-state index < -0.39 is 0 Å². The maximum atomic E-state index is 4.39. The Morgan fingerprint density at radius 3 is 2.88 bits per heavy atom. The zero-order valence-corrected chi connectivity index (χ0v) is 10.4. The van der Waals surface area contributed by atoms with Crippen molar-refractivity contribution in [2.24, 2.45) is 5.92 Å². The number of nitrogens with zero attached hydrogens (tertiary/aromatic N) is 2. The molecule has 3 nitrogen and oxygen atoms in total. The van der Waals surface area contributed by atoms with Gasteiger partial charge in [-0.1, -0.05) is 13.8 Å². The third-order valence-electron chi connectivity index (χ3n) is 3.28. The molecule has 0 bridgehead atoms. The lowest BCUT2D eigenvalue weighted by Crippen LogP contribution is -2.53. The molecule has 1 aromatic rings. The van der Waals surface area contributed by atoms with E-state index in [1.54, 1.807) is 0 Å². The molecule has 0 aliphatic carbocycles. The smallest absolute Gasteiger partial charge is 0.0556 e. The first kappa shape index (κ1) is 11.4. The number of rotatable bonds is 2. The van der Waals surface area contributed by atoms with E-state index >= 15 is 0 Å². The summed E-state index contributed by atoms with van der Waals surface area (Å²) < 4.78 is 0. The minimum absolute atomic E-state index is 0.582. The second kappa shape index (κ2) is 4.83. The van der Waals surface area contributed by atoms with Crippen molar-refractivity contribution in [1.29, 1.82) is 0 Å². The molecule has 1 saturated heterocycles. The lowest BCUT2D eigenvalue weighted by molar-refractivity contribution is 0.390.